The van der Waals surface area contributed by atoms with Crippen LogP contribution in [0.15, 0.2) is 83.8 Å². The molecule has 3 aromatic carbocycles. The molecule has 2 atom stereocenters. The van der Waals surface area contributed by atoms with Gasteiger partial charge >= 0.3 is 0 Å². The maximum atomic E-state index is 14.0. The van der Waals surface area contributed by atoms with Gasteiger partial charge in [-0.1, -0.05) is 44.2 Å². The summed E-state index contributed by atoms with van der Waals surface area (Å²) in [6.45, 7) is 5.10. The minimum absolute atomic E-state index is 0.0182. The first kappa shape index (κ1) is 30.6. The van der Waals surface area contributed by atoms with E-state index in [9.17, 15) is 22.4 Å². The van der Waals surface area contributed by atoms with Crippen LogP contribution in [0.1, 0.15) is 39.2 Å². The largest absolute Gasteiger partial charge is 0.497 e. The number of amides is 2. The molecule has 0 spiro atoms. The van der Waals surface area contributed by atoms with Gasteiger partial charge in [0.15, 0.2) is 0 Å². The number of sulfonamides is 1. The zero-order chi connectivity index (χ0) is 29.3. The van der Waals surface area contributed by atoms with E-state index in [1.807, 2.05) is 13.8 Å². The molecular weight excluding hydrogens is 533 g/mol. The lowest BCUT2D eigenvalue weighted by atomic mass is 10.1. The maximum Gasteiger partial charge on any atom is 0.264 e. The van der Waals surface area contributed by atoms with Crippen LogP contribution in [0.25, 0.3) is 0 Å². The van der Waals surface area contributed by atoms with Crippen LogP contribution in [0.4, 0.5) is 10.1 Å². The van der Waals surface area contributed by atoms with Crippen molar-refractivity contribution in [3.63, 3.8) is 0 Å². The van der Waals surface area contributed by atoms with Crippen LogP contribution in [0.2, 0.25) is 0 Å². The van der Waals surface area contributed by atoms with Crippen molar-refractivity contribution < 1.29 is 27.1 Å². The number of nitrogens with zero attached hydrogens (tertiary/aromatic N) is 2. The van der Waals surface area contributed by atoms with Crippen LogP contribution < -0.4 is 14.4 Å². The van der Waals surface area contributed by atoms with Crippen LogP contribution >= 0.6 is 0 Å². The molecule has 0 aromatic heterocycles. The summed E-state index contributed by atoms with van der Waals surface area (Å²) in [7, 11) is -2.66. The molecule has 0 heterocycles. The molecule has 0 saturated carbocycles. The number of hydrogen-bond donors (Lipinski definition) is 1. The Kier molecular flexibility index (Phi) is 10.7. The predicted molar refractivity (Wildman–Crippen MR) is 153 cm³/mol. The summed E-state index contributed by atoms with van der Waals surface area (Å²) in [5, 5.41) is 2.94. The second kappa shape index (κ2) is 13.9. The van der Waals surface area contributed by atoms with E-state index in [2.05, 4.69) is 5.32 Å². The number of benzene rings is 3. The standard InChI is InChI=1S/C30H36FN3O5S/c1-5-22(3)32-30(36)28(6-2)33(20-23-12-18-26(39-4)19-13-23)29(35)21-34(25-16-14-24(31)15-17-25)40(37,38)27-10-8-7-9-11-27/h7-19,22,28H,5-6,20-21H2,1-4H3,(H,32,36). The number of hydrogen-bond acceptors (Lipinski definition) is 5. The molecule has 0 aliphatic rings. The molecule has 214 valence electrons. The lowest BCUT2D eigenvalue weighted by Crippen LogP contribution is -2.53. The summed E-state index contributed by atoms with van der Waals surface area (Å²) < 4.78 is 47.4. The lowest BCUT2D eigenvalue weighted by molar-refractivity contribution is -0.140. The van der Waals surface area contributed by atoms with E-state index in [0.717, 1.165) is 22.0 Å². The highest BCUT2D eigenvalue weighted by Crippen LogP contribution is 2.25. The van der Waals surface area contributed by atoms with Crippen molar-refractivity contribution in [3.05, 3.63) is 90.2 Å². The third kappa shape index (κ3) is 7.59. The van der Waals surface area contributed by atoms with Crippen LogP contribution in [-0.2, 0) is 26.2 Å². The third-order valence-electron chi connectivity index (χ3n) is 6.62. The number of rotatable bonds is 13. The number of nitrogens with one attached hydrogen (secondary N) is 1. The topological polar surface area (TPSA) is 96.0 Å². The third-order valence-corrected chi connectivity index (χ3v) is 8.41. The van der Waals surface area contributed by atoms with Gasteiger partial charge in [-0.15, -0.1) is 0 Å². The molecule has 3 aromatic rings. The van der Waals surface area contributed by atoms with Gasteiger partial charge in [0.2, 0.25) is 11.8 Å². The van der Waals surface area contributed by atoms with Crippen LogP contribution in [0.5, 0.6) is 5.75 Å². The average Bonchev–Trinajstić information content (AvgIpc) is 2.96. The first-order valence-corrected chi connectivity index (χ1v) is 14.6. The van der Waals surface area contributed by atoms with E-state index in [1.54, 1.807) is 56.5 Å². The molecule has 40 heavy (non-hydrogen) atoms. The van der Waals surface area contributed by atoms with E-state index < -0.39 is 34.3 Å². The zero-order valence-corrected chi connectivity index (χ0v) is 24.0. The van der Waals surface area contributed by atoms with Crippen molar-refractivity contribution in [3.8, 4) is 5.75 Å². The Balaban J connectivity index is 2.03. The minimum atomic E-state index is -4.21. The Labute approximate surface area is 235 Å². The van der Waals surface area contributed by atoms with E-state index >= 15 is 0 Å². The molecule has 0 aliphatic heterocycles. The fraction of sp³-hybridized carbons (Fsp3) is 0.333. The fourth-order valence-electron chi connectivity index (χ4n) is 4.14. The van der Waals surface area contributed by atoms with Crippen molar-refractivity contribution in [1.82, 2.24) is 10.2 Å². The minimum Gasteiger partial charge on any atom is -0.497 e. The van der Waals surface area contributed by atoms with Gasteiger partial charge in [-0.05, 0) is 73.9 Å². The summed E-state index contributed by atoms with van der Waals surface area (Å²) in [6, 6.07) is 18.7. The molecule has 0 bridgehead atoms. The number of carbonyl (C=O) groups excluding carboxylic acids is 2. The van der Waals surface area contributed by atoms with E-state index in [0.29, 0.717) is 18.6 Å². The van der Waals surface area contributed by atoms with Crippen molar-refractivity contribution in [2.75, 3.05) is 18.0 Å². The zero-order valence-electron chi connectivity index (χ0n) is 23.2. The average molecular weight is 570 g/mol. The van der Waals surface area contributed by atoms with Gasteiger partial charge in [0.25, 0.3) is 10.0 Å². The molecule has 2 amide bonds. The highest BCUT2D eigenvalue weighted by Gasteiger charge is 2.34. The normalized spacial score (nSPS) is 12.7. The van der Waals surface area contributed by atoms with Gasteiger partial charge in [-0.25, -0.2) is 12.8 Å². The molecule has 0 saturated heterocycles. The van der Waals surface area contributed by atoms with Crippen molar-refractivity contribution in [2.45, 2.75) is 57.1 Å². The van der Waals surface area contributed by atoms with Gasteiger partial charge in [0.1, 0.15) is 24.2 Å². The first-order chi connectivity index (χ1) is 19.1. The number of methoxy groups -OCH3 is 1. The van der Waals surface area contributed by atoms with Gasteiger partial charge < -0.3 is 15.0 Å². The van der Waals surface area contributed by atoms with Gasteiger partial charge in [0.05, 0.1) is 17.7 Å². The van der Waals surface area contributed by atoms with Crippen LogP contribution in [-0.4, -0.2) is 50.9 Å². The van der Waals surface area contributed by atoms with Gasteiger partial charge in [-0.2, -0.15) is 0 Å². The maximum absolute atomic E-state index is 14.0. The van der Waals surface area contributed by atoms with Gasteiger partial charge in [-0.3, -0.25) is 13.9 Å². The molecule has 0 radical (unpaired) electrons. The Hall–Kier alpha value is -3.92. The molecule has 10 heteroatoms. The number of anilines is 1. The molecule has 2 unspecified atom stereocenters. The summed E-state index contributed by atoms with van der Waals surface area (Å²) in [5.41, 5.74) is 0.864. The van der Waals surface area contributed by atoms with E-state index in [-0.39, 0.29) is 29.1 Å². The second-order valence-electron chi connectivity index (χ2n) is 9.41. The van der Waals surface area contributed by atoms with Crippen molar-refractivity contribution in [2.24, 2.45) is 0 Å². The Morgan fingerprint density at radius 2 is 1.55 bits per heavy atom. The molecule has 3 rings (SSSR count). The fourth-order valence-corrected chi connectivity index (χ4v) is 5.58. The summed E-state index contributed by atoms with van der Waals surface area (Å²) >= 11 is 0. The quantitative estimate of drug-likeness (QED) is 0.321. The molecular formula is C30H36FN3O5S. The molecule has 1 N–H and O–H groups in total. The number of ether oxygens (including phenoxy) is 1. The highest BCUT2D eigenvalue weighted by molar-refractivity contribution is 7.92. The molecule has 0 fully saturated rings. The predicted octanol–water partition coefficient (Wildman–Crippen LogP) is 4.75. The monoisotopic (exact) mass is 569 g/mol. The van der Waals surface area contributed by atoms with E-state index in [4.69, 9.17) is 4.74 Å². The summed E-state index contributed by atoms with van der Waals surface area (Å²) in [5.74, 6) is -0.801. The van der Waals surface area contributed by atoms with E-state index in [1.165, 1.54) is 29.2 Å². The SMILES string of the molecule is CCC(C)NC(=O)C(CC)N(Cc1ccc(OC)cc1)C(=O)CN(c1ccc(F)cc1)S(=O)(=O)c1ccccc1. The van der Waals surface area contributed by atoms with Crippen molar-refractivity contribution in [1.29, 1.82) is 0 Å². The Morgan fingerprint density at radius 1 is 0.925 bits per heavy atom. The Bertz CT molecular complexity index is 1370. The highest BCUT2D eigenvalue weighted by atomic mass is 32.2. The number of carbonyl (C=O) groups is 2. The van der Waals surface area contributed by atoms with Crippen LogP contribution in [0, 0.1) is 5.82 Å². The summed E-state index contributed by atoms with van der Waals surface area (Å²) in [4.78, 5) is 28.7. The Morgan fingerprint density at radius 3 is 2.10 bits per heavy atom. The van der Waals surface area contributed by atoms with Crippen molar-refractivity contribution >= 4 is 27.5 Å². The smallest absolute Gasteiger partial charge is 0.264 e. The second-order valence-corrected chi connectivity index (χ2v) is 11.3. The molecule has 8 nitrogen and oxygen atoms in total. The van der Waals surface area contributed by atoms with Crippen LogP contribution in [0.3, 0.4) is 0 Å². The lowest BCUT2D eigenvalue weighted by Gasteiger charge is -2.33. The number of halogens is 1. The van der Waals surface area contributed by atoms with Gasteiger partial charge in [0, 0.05) is 12.6 Å². The first-order valence-electron chi connectivity index (χ1n) is 13.2. The molecule has 0 aliphatic carbocycles. The summed E-state index contributed by atoms with van der Waals surface area (Å²) in [6.07, 6.45) is 1.02.